The van der Waals surface area contributed by atoms with Gasteiger partial charge >= 0.3 is 0 Å². The average molecular weight is 285 g/mol. The predicted molar refractivity (Wildman–Crippen MR) is 76.9 cm³/mol. The second-order valence-electron chi connectivity index (χ2n) is 5.84. The number of rotatable bonds is 3. The molecule has 0 saturated heterocycles. The van der Waals surface area contributed by atoms with Crippen LogP contribution in [-0.2, 0) is 6.42 Å². The van der Waals surface area contributed by atoms with Crippen molar-refractivity contribution in [3.8, 4) is 0 Å². The Kier molecular flexibility index (Phi) is 4.86. The molecule has 0 heterocycles. The summed E-state index contributed by atoms with van der Waals surface area (Å²) in [6.45, 7) is 2.20. The maximum atomic E-state index is 13.8. The Hall–Kier alpha value is -0.600. The van der Waals surface area contributed by atoms with Gasteiger partial charge in [-0.05, 0) is 48.9 Å². The summed E-state index contributed by atoms with van der Waals surface area (Å²) in [6, 6.07) is 4.56. The van der Waals surface area contributed by atoms with Gasteiger partial charge in [0.2, 0.25) is 0 Å². The highest BCUT2D eigenvalue weighted by atomic mass is 35.5. The van der Waals surface area contributed by atoms with E-state index in [2.05, 4.69) is 6.92 Å². The molecule has 3 heteroatoms. The Morgan fingerprint density at radius 3 is 2.89 bits per heavy atom. The van der Waals surface area contributed by atoms with Crippen LogP contribution in [0.3, 0.4) is 0 Å². The van der Waals surface area contributed by atoms with Crippen molar-refractivity contribution in [2.45, 2.75) is 57.5 Å². The summed E-state index contributed by atoms with van der Waals surface area (Å²) in [5.74, 6) is 0.437. The largest absolute Gasteiger partial charge is 0.390 e. The summed E-state index contributed by atoms with van der Waals surface area (Å²) in [4.78, 5) is 0. The smallest absolute Gasteiger partial charge is 0.126 e. The van der Waals surface area contributed by atoms with Gasteiger partial charge in [0, 0.05) is 11.4 Å². The summed E-state index contributed by atoms with van der Waals surface area (Å²) in [6.07, 6.45) is 6.30. The van der Waals surface area contributed by atoms with Gasteiger partial charge in [-0.2, -0.15) is 0 Å². The monoisotopic (exact) mass is 284 g/mol. The Morgan fingerprint density at radius 2 is 2.16 bits per heavy atom. The summed E-state index contributed by atoms with van der Waals surface area (Å²) >= 11 is 5.91. The highest BCUT2D eigenvalue weighted by molar-refractivity contribution is 6.30. The van der Waals surface area contributed by atoms with Gasteiger partial charge in [-0.15, -0.1) is 0 Å². The van der Waals surface area contributed by atoms with E-state index in [4.69, 9.17) is 11.6 Å². The number of halogens is 2. The fourth-order valence-electron chi connectivity index (χ4n) is 3.08. The molecule has 1 aliphatic carbocycles. The molecule has 0 radical (unpaired) electrons. The summed E-state index contributed by atoms with van der Waals surface area (Å²) < 4.78 is 13.8. The molecule has 2 unspecified atom stereocenters. The lowest BCUT2D eigenvalue weighted by Gasteiger charge is -2.27. The summed E-state index contributed by atoms with van der Waals surface area (Å²) in [5.41, 5.74) is -0.236. The molecule has 0 aliphatic heterocycles. The quantitative estimate of drug-likeness (QED) is 0.795. The first-order valence-corrected chi connectivity index (χ1v) is 7.56. The van der Waals surface area contributed by atoms with Crippen LogP contribution in [0.4, 0.5) is 4.39 Å². The molecule has 1 saturated carbocycles. The zero-order valence-electron chi connectivity index (χ0n) is 11.5. The van der Waals surface area contributed by atoms with Crippen molar-refractivity contribution in [1.29, 1.82) is 0 Å². The lowest BCUT2D eigenvalue weighted by molar-refractivity contribution is 0.0234. The minimum atomic E-state index is -0.768. The van der Waals surface area contributed by atoms with Crippen LogP contribution in [0.2, 0.25) is 5.02 Å². The van der Waals surface area contributed by atoms with E-state index in [0.717, 1.165) is 25.7 Å². The zero-order valence-corrected chi connectivity index (χ0v) is 12.2. The van der Waals surface area contributed by atoms with Gasteiger partial charge < -0.3 is 5.11 Å². The minimum Gasteiger partial charge on any atom is -0.390 e. The number of aliphatic hydroxyl groups is 1. The lowest BCUT2D eigenvalue weighted by atomic mass is 9.87. The fraction of sp³-hybridized carbons (Fsp3) is 0.625. The third kappa shape index (κ3) is 3.93. The number of hydrogen-bond acceptors (Lipinski definition) is 1. The third-order valence-electron chi connectivity index (χ3n) is 4.38. The first kappa shape index (κ1) is 14.8. The molecular weight excluding hydrogens is 263 g/mol. The number of benzene rings is 1. The first-order valence-electron chi connectivity index (χ1n) is 7.19. The fourth-order valence-corrected chi connectivity index (χ4v) is 3.27. The van der Waals surface area contributed by atoms with Crippen molar-refractivity contribution < 1.29 is 9.50 Å². The molecule has 106 valence electrons. The van der Waals surface area contributed by atoms with Gasteiger partial charge in [0.25, 0.3) is 0 Å². The van der Waals surface area contributed by atoms with Crippen LogP contribution < -0.4 is 0 Å². The molecule has 1 aliphatic rings. The molecule has 2 atom stereocenters. The predicted octanol–water partition coefficient (Wildman–Crippen LogP) is 4.74. The van der Waals surface area contributed by atoms with Gasteiger partial charge in [0.15, 0.2) is 0 Å². The Balaban J connectivity index is 2.10. The van der Waals surface area contributed by atoms with Gasteiger partial charge in [0.05, 0.1) is 5.60 Å². The Bertz CT molecular complexity index is 435. The molecular formula is C16H22ClFO. The van der Waals surface area contributed by atoms with Gasteiger partial charge in [-0.3, -0.25) is 0 Å². The standard InChI is InChI=1S/C16H22ClFO/c1-2-12-4-3-8-16(19,9-7-12)11-13-10-14(17)5-6-15(13)18/h5-6,10,12,19H,2-4,7-9,11H2,1H3. The molecule has 1 aromatic rings. The molecule has 0 spiro atoms. The average Bonchev–Trinajstić information content (AvgIpc) is 2.56. The van der Waals surface area contributed by atoms with Crippen molar-refractivity contribution in [3.05, 3.63) is 34.6 Å². The third-order valence-corrected chi connectivity index (χ3v) is 4.61. The minimum absolute atomic E-state index is 0.269. The van der Waals surface area contributed by atoms with Crippen molar-refractivity contribution >= 4 is 11.6 Å². The van der Waals surface area contributed by atoms with Gasteiger partial charge in [-0.1, -0.05) is 37.8 Å². The molecule has 1 N–H and O–H groups in total. The van der Waals surface area contributed by atoms with E-state index in [1.54, 1.807) is 12.1 Å². The zero-order chi connectivity index (χ0) is 13.9. The van der Waals surface area contributed by atoms with E-state index in [-0.39, 0.29) is 5.82 Å². The van der Waals surface area contributed by atoms with E-state index in [1.165, 1.54) is 18.9 Å². The normalized spacial score (nSPS) is 28.1. The molecule has 2 rings (SSSR count). The van der Waals surface area contributed by atoms with Crippen LogP contribution in [0.15, 0.2) is 18.2 Å². The van der Waals surface area contributed by atoms with Crippen LogP contribution in [0.25, 0.3) is 0 Å². The second kappa shape index (κ2) is 6.23. The molecule has 0 aromatic heterocycles. The first-order chi connectivity index (χ1) is 9.02. The molecule has 0 bridgehead atoms. The highest BCUT2D eigenvalue weighted by Gasteiger charge is 2.31. The summed E-state index contributed by atoms with van der Waals surface area (Å²) in [5, 5.41) is 11.3. The van der Waals surface area contributed by atoms with Gasteiger partial charge in [0.1, 0.15) is 5.82 Å². The van der Waals surface area contributed by atoms with Crippen LogP contribution in [0, 0.1) is 11.7 Å². The van der Waals surface area contributed by atoms with E-state index < -0.39 is 5.60 Å². The van der Waals surface area contributed by atoms with E-state index in [1.807, 2.05) is 0 Å². The molecule has 1 fully saturated rings. The maximum absolute atomic E-state index is 13.8. The molecule has 19 heavy (non-hydrogen) atoms. The highest BCUT2D eigenvalue weighted by Crippen LogP contribution is 2.34. The topological polar surface area (TPSA) is 20.2 Å². The second-order valence-corrected chi connectivity index (χ2v) is 6.28. The maximum Gasteiger partial charge on any atom is 0.126 e. The van der Waals surface area contributed by atoms with Crippen LogP contribution >= 0.6 is 11.6 Å². The summed E-state index contributed by atoms with van der Waals surface area (Å²) in [7, 11) is 0. The Morgan fingerprint density at radius 1 is 1.37 bits per heavy atom. The van der Waals surface area contributed by atoms with Crippen molar-refractivity contribution in [2.75, 3.05) is 0 Å². The lowest BCUT2D eigenvalue weighted by Crippen LogP contribution is -2.31. The number of hydrogen-bond donors (Lipinski definition) is 1. The van der Waals surface area contributed by atoms with Crippen LogP contribution in [0.5, 0.6) is 0 Å². The van der Waals surface area contributed by atoms with Crippen LogP contribution in [0.1, 0.15) is 51.0 Å². The molecule has 1 nitrogen and oxygen atoms in total. The van der Waals surface area contributed by atoms with E-state index in [0.29, 0.717) is 22.9 Å². The molecule has 1 aromatic carbocycles. The van der Waals surface area contributed by atoms with E-state index in [9.17, 15) is 9.50 Å². The molecule has 0 amide bonds. The van der Waals surface area contributed by atoms with Crippen molar-refractivity contribution in [3.63, 3.8) is 0 Å². The van der Waals surface area contributed by atoms with Crippen LogP contribution in [-0.4, -0.2) is 10.7 Å². The Labute approximate surface area is 119 Å². The van der Waals surface area contributed by atoms with Crippen molar-refractivity contribution in [2.24, 2.45) is 5.92 Å². The SMILES string of the molecule is CCC1CCCC(O)(Cc2cc(Cl)ccc2F)CC1. The van der Waals surface area contributed by atoms with E-state index >= 15 is 0 Å². The van der Waals surface area contributed by atoms with Gasteiger partial charge in [-0.25, -0.2) is 4.39 Å². The van der Waals surface area contributed by atoms with Crippen molar-refractivity contribution in [1.82, 2.24) is 0 Å².